The molecule has 0 heterocycles. The zero-order valence-electron chi connectivity index (χ0n) is 14.1. The lowest BCUT2D eigenvalue weighted by atomic mass is 10.2. The molecule has 138 valence electrons. The molecule has 0 aliphatic rings. The second-order valence-corrected chi connectivity index (χ2v) is 5.87. The van der Waals surface area contributed by atoms with E-state index in [1.165, 1.54) is 13.3 Å². The van der Waals surface area contributed by atoms with E-state index in [2.05, 4.69) is 15.3 Å². The maximum absolute atomic E-state index is 11.0. The van der Waals surface area contributed by atoms with Crippen LogP contribution in [0.4, 0.5) is 4.79 Å². The van der Waals surface area contributed by atoms with Crippen LogP contribution in [0.15, 0.2) is 47.6 Å². The van der Waals surface area contributed by atoms with E-state index in [1.54, 1.807) is 12.1 Å². The third kappa shape index (κ3) is 6.46. The quantitative estimate of drug-likeness (QED) is 0.404. The summed E-state index contributed by atoms with van der Waals surface area (Å²) in [5.41, 5.74) is 2.72. The van der Waals surface area contributed by atoms with Crippen molar-refractivity contribution in [3.05, 3.63) is 58.1 Å². The van der Waals surface area contributed by atoms with E-state index in [0.29, 0.717) is 41.0 Å². The van der Waals surface area contributed by atoms with Gasteiger partial charge >= 0.3 is 6.09 Å². The van der Waals surface area contributed by atoms with E-state index < -0.39 is 6.09 Å². The molecule has 1 amide bonds. The number of para-hydroxylation sites is 1. The number of nitrogens with one attached hydrogen (secondary N) is 1. The zero-order valence-corrected chi connectivity index (χ0v) is 15.6. The van der Waals surface area contributed by atoms with Crippen LogP contribution in [0.1, 0.15) is 12.0 Å². The summed E-state index contributed by atoms with van der Waals surface area (Å²) in [6, 6.07) is 12.7. The lowest BCUT2D eigenvalue weighted by Crippen LogP contribution is -2.16. The van der Waals surface area contributed by atoms with Crippen LogP contribution < -0.4 is 14.9 Å². The first-order chi connectivity index (χ1) is 12.6. The third-order valence-corrected chi connectivity index (χ3v) is 3.63. The van der Waals surface area contributed by atoms with Crippen molar-refractivity contribution in [1.82, 2.24) is 5.43 Å². The first-order valence-corrected chi connectivity index (χ1v) is 8.52. The molecule has 6 nitrogen and oxygen atoms in total. The highest BCUT2D eigenvalue weighted by molar-refractivity contribution is 6.36. The summed E-state index contributed by atoms with van der Waals surface area (Å²) >= 11 is 12.2. The van der Waals surface area contributed by atoms with Crippen molar-refractivity contribution in [3.63, 3.8) is 0 Å². The molecule has 0 saturated heterocycles. The van der Waals surface area contributed by atoms with Gasteiger partial charge < -0.3 is 14.2 Å². The van der Waals surface area contributed by atoms with E-state index in [9.17, 15) is 4.79 Å². The molecule has 0 bridgehead atoms. The molecule has 0 aliphatic heterocycles. The molecule has 2 aromatic rings. The topological polar surface area (TPSA) is 69.2 Å². The number of methoxy groups -OCH3 is 1. The van der Waals surface area contributed by atoms with Crippen molar-refractivity contribution in [2.24, 2.45) is 5.10 Å². The van der Waals surface area contributed by atoms with Crippen molar-refractivity contribution in [2.75, 3.05) is 20.3 Å². The van der Waals surface area contributed by atoms with Crippen molar-refractivity contribution in [1.29, 1.82) is 0 Å². The van der Waals surface area contributed by atoms with E-state index in [1.807, 2.05) is 30.3 Å². The molecule has 0 fully saturated rings. The maximum Gasteiger partial charge on any atom is 0.427 e. The molecule has 8 heteroatoms. The van der Waals surface area contributed by atoms with Crippen LogP contribution in [0.25, 0.3) is 0 Å². The first kappa shape index (κ1) is 19.9. The number of hydrogen-bond donors (Lipinski definition) is 1. The Morgan fingerprint density at radius 3 is 2.62 bits per heavy atom. The molecule has 2 rings (SSSR count). The van der Waals surface area contributed by atoms with Crippen LogP contribution >= 0.6 is 23.2 Å². The number of amides is 1. The maximum atomic E-state index is 11.0. The van der Waals surface area contributed by atoms with Gasteiger partial charge in [-0.2, -0.15) is 5.10 Å². The van der Waals surface area contributed by atoms with E-state index in [0.717, 1.165) is 5.75 Å². The van der Waals surface area contributed by atoms with Gasteiger partial charge in [0, 0.05) is 17.0 Å². The van der Waals surface area contributed by atoms with Crippen molar-refractivity contribution in [3.8, 4) is 11.5 Å². The Morgan fingerprint density at radius 1 is 1.15 bits per heavy atom. The Labute approximate surface area is 161 Å². The summed E-state index contributed by atoms with van der Waals surface area (Å²) in [6.07, 6.45) is 1.35. The van der Waals surface area contributed by atoms with Crippen molar-refractivity contribution < 1.29 is 19.0 Å². The molecule has 1 N–H and O–H groups in total. The average molecular weight is 397 g/mol. The van der Waals surface area contributed by atoms with Crippen LogP contribution in [0.3, 0.4) is 0 Å². The summed E-state index contributed by atoms with van der Waals surface area (Å²) in [5.74, 6) is 1.23. The van der Waals surface area contributed by atoms with Crippen LogP contribution in [0, 0.1) is 0 Å². The highest BCUT2D eigenvalue weighted by Gasteiger charge is 2.10. The summed E-state index contributed by atoms with van der Waals surface area (Å²) in [4.78, 5) is 11.0. The summed E-state index contributed by atoms with van der Waals surface area (Å²) in [5, 5.41) is 4.54. The van der Waals surface area contributed by atoms with Gasteiger partial charge in [0.25, 0.3) is 0 Å². The van der Waals surface area contributed by atoms with E-state index >= 15 is 0 Å². The minimum atomic E-state index is -0.685. The predicted octanol–water partition coefficient (Wildman–Crippen LogP) is 4.53. The highest BCUT2D eigenvalue weighted by Crippen LogP contribution is 2.31. The summed E-state index contributed by atoms with van der Waals surface area (Å²) in [7, 11) is 1.24. The van der Waals surface area contributed by atoms with Crippen molar-refractivity contribution in [2.45, 2.75) is 6.42 Å². The molecule has 0 atom stereocenters. The fourth-order valence-corrected chi connectivity index (χ4v) is 2.53. The van der Waals surface area contributed by atoms with Gasteiger partial charge in [-0.3, -0.25) is 0 Å². The number of benzene rings is 2. The Kier molecular flexibility index (Phi) is 8.05. The van der Waals surface area contributed by atoms with Crippen LogP contribution in [-0.2, 0) is 4.74 Å². The predicted molar refractivity (Wildman–Crippen MR) is 102 cm³/mol. The monoisotopic (exact) mass is 396 g/mol. The van der Waals surface area contributed by atoms with Gasteiger partial charge in [0.1, 0.15) is 11.5 Å². The summed E-state index contributed by atoms with van der Waals surface area (Å²) < 4.78 is 15.8. The minimum absolute atomic E-state index is 0.348. The van der Waals surface area contributed by atoms with Gasteiger partial charge in [-0.05, 0) is 24.3 Å². The smallest absolute Gasteiger partial charge is 0.427 e. The molecule has 0 radical (unpaired) electrons. The number of ether oxygens (including phenoxy) is 3. The van der Waals surface area contributed by atoms with Crippen molar-refractivity contribution >= 4 is 35.5 Å². The largest absolute Gasteiger partial charge is 0.493 e. The standard InChI is InChI=1S/C18H18Cl2N2O4/c1-24-18(23)22-21-12-13-10-14(19)11-16(20)17(13)26-9-5-8-25-15-6-3-2-4-7-15/h2-4,6-7,10-12H,5,8-9H2,1H3,(H,22,23)/b21-12+. The summed E-state index contributed by atoms with van der Waals surface area (Å²) in [6.45, 7) is 0.891. The highest BCUT2D eigenvalue weighted by atomic mass is 35.5. The van der Waals surface area contributed by atoms with Crippen LogP contribution in [0.5, 0.6) is 11.5 Å². The Bertz CT molecular complexity index is 754. The molecule has 0 aliphatic carbocycles. The van der Waals surface area contributed by atoms with Gasteiger partial charge in [0.15, 0.2) is 0 Å². The average Bonchev–Trinajstić information content (AvgIpc) is 2.63. The molecule has 2 aromatic carbocycles. The lowest BCUT2D eigenvalue weighted by Gasteiger charge is -2.12. The van der Waals surface area contributed by atoms with Gasteiger partial charge in [-0.1, -0.05) is 41.4 Å². The number of carbonyl (C=O) groups excluding carboxylic acids is 1. The second-order valence-electron chi connectivity index (χ2n) is 5.03. The van der Waals surface area contributed by atoms with Crippen LogP contribution in [0.2, 0.25) is 10.0 Å². The molecular weight excluding hydrogens is 379 g/mol. The number of halogens is 2. The Hall–Kier alpha value is -2.44. The SMILES string of the molecule is COC(=O)N/N=C/c1cc(Cl)cc(Cl)c1OCCCOc1ccccc1. The minimum Gasteiger partial charge on any atom is -0.493 e. The van der Waals surface area contributed by atoms with Gasteiger partial charge in [0.2, 0.25) is 0 Å². The second kappa shape index (κ2) is 10.5. The third-order valence-electron chi connectivity index (χ3n) is 3.13. The Morgan fingerprint density at radius 2 is 1.88 bits per heavy atom. The normalized spacial score (nSPS) is 10.6. The lowest BCUT2D eigenvalue weighted by molar-refractivity contribution is 0.171. The molecular formula is C18H18Cl2N2O4. The number of carbonyl (C=O) groups is 1. The number of nitrogens with zero attached hydrogens (tertiary/aromatic N) is 1. The van der Waals surface area contributed by atoms with Crippen LogP contribution in [-0.4, -0.2) is 32.6 Å². The molecule has 0 aromatic heterocycles. The molecule has 26 heavy (non-hydrogen) atoms. The number of hydrazone groups is 1. The van der Waals surface area contributed by atoms with Gasteiger partial charge in [0.05, 0.1) is 31.6 Å². The van der Waals surface area contributed by atoms with Gasteiger partial charge in [-0.25, -0.2) is 10.2 Å². The van der Waals surface area contributed by atoms with E-state index in [4.69, 9.17) is 32.7 Å². The zero-order chi connectivity index (χ0) is 18.8. The first-order valence-electron chi connectivity index (χ1n) is 7.77. The van der Waals surface area contributed by atoms with Gasteiger partial charge in [-0.15, -0.1) is 0 Å². The molecule has 0 saturated carbocycles. The molecule has 0 spiro atoms. The number of rotatable bonds is 8. The number of hydrogen-bond acceptors (Lipinski definition) is 5. The van der Waals surface area contributed by atoms with E-state index in [-0.39, 0.29) is 0 Å². The fraction of sp³-hybridized carbons (Fsp3) is 0.222. The molecule has 0 unspecified atom stereocenters. The Balaban J connectivity index is 1.91. The fourth-order valence-electron chi connectivity index (χ4n) is 1.97.